The van der Waals surface area contributed by atoms with Crippen LogP contribution in [0.5, 0.6) is 0 Å². The third kappa shape index (κ3) is 4.14. The SMILES string of the molecule is CC.CCOC(=O)c1sc2cnccc2c1Nc1ccc(C)cc1F. The molecule has 0 unspecified atom stereocenters. The number of rotatable bonds is 4. The van der Waals surface area contributed by atoms with Gasteiger partial charge in [-0.25, -0.2) is 9.18 Å². The number of fused-ring (bicyclic) bond motifs is 1. The molecule has 0 radical (unpaired) electrons. The molecule has 3 aromatic rings. The highest BCUT2D eigenvalue weighted by molar-refractivity contribution is 7.21. The van der Waals surface area contributed by atoms with Gasteiger partial charge in [0.15, 0.2) is 0 Å². The van der Waals surface area contributed by atoms with E-state index >= 15 is 0 Å². The molecule has 0 aliphatic heterocycles. The van der Waals surface area contributed by atoms with Crippen molar-refractivity contribution >= 4 is 38.8 Å². The van der Waals surface area contributed by atoms with Gasteiger partial charge >= 0.3 is 5.97 Å². The highest BCUT2D eigenvalue weighted by atomic mass is 32.1. The molecule has 0 aliphatic rings. The zero-order valence-electron chi connectivity index (χ0n) is 14.7. The fourth-order valence-corrected chi connectivity index (χ4v) is 3.29. The van der Waals surface area contributed by atoms with Crippen molar-refractivity contribution in [3.63, 3.8) is 0 Å². The fraction of sp³-hybridized carbons (Fsp3) is 0.263. The monoisotopic (exact) mass is 360 g/mol. The summed E-state index contributed by atoms with van der Waals surface area (Å²) < 4.78 is 20.1. The normalized spacial score (nSPS) is 10.1. The molecular formula is C19H21FN2O2S. The number of nitrogens with zero attached hydrogens (tertiary/aromatic N) is 1. The molecule has 0 fully saturated rings. The van der Waals surface area contributed by atoms with Crippen molar-refractivity contribution in [1.29, 1.82) is 0 Å². The van der Waals surface area contributed by atoms with Gasteiger partial charge in [-0.3, -0.25) is 4.98 Å². The number of hydrogen-bond donors (Lipinski definition) is 1. The second-order valence-electron chi connectivity index (χ2n) is 5.01. The zero-order valence-corrected chi connectivity index (χ0v) is 15.5. The number of aryl methyl sites for hydroxylation is 1. The summed E-state index contributed by atoms with van der Waals surface area (Å²) in [4.78, 5) is 16.7. The summed E-state index contributed by atoms with van der Waals surface area (Å²) >= 11 is 1.28. The molecule has 4 nitrogen and oxygen atoms in total. The van der Waals surface area contributed by atoms with Crippen molar-refractivity contribution in [2.24, 2.45) is 0 Å². The minimum absolute atomic E-state index is 0.281. The quantitative estimate of drug-likeness (QED) is 0.607. The number of hydrogen-bond acceptors (Lipinski definition) is 5. The minimum Gasteiger partial charge on any atom is -0.462 e. The molecule has 1 aromatic carbocycles. The number of ether oxygens (including phenoxy) is 1. The van der Waals surface area contributed by atoms with Crippen LogP contribution in [0.4, 0.5) is 15.8 Å². The van der Waals surface area contributed by atoms with E-state index in [0.29, 0.717) is 16.3 Å². The molecule has 0 saturated carbocycles. The summed E-state index contributed by atoms with van der Waals surface area (Å²) in [6, 6.07) is 6.71. The smallest absolute Gasteiger partial charge is 0.350 e. The number of carbonyl (C=O) groups is 1. The van der Waals surface area contributed by atoms with Crippen molar-refractivity contribution in [2.45, 2.75) is 27.7 Å². The first-order valence-electron chi connectivity index (χ1n) is 8.17. The molecule has 6 heteroatoms. The van der Waals surface area contributed by atoms with Crippen LogP contribution in [0, 0.1) is 12.7 Å². The van der Waals surface area contributed by atoms with E-state index in [1.807, 2.05) is 26.8 Å². The van der Waals surface area contributed by atoms with E-state index in [1.54, 1.807) is 31.5 Å². The lowest BCUT2D eigenvalue weighted by atomic mass is 10.2. The molecule has 0 spiro atoms. The Morgan fingerprint density at radius 2 is 2.08 bits per heavy atom. The molecule has 2 heterocycles. The maximum atomic E-state index is 14.1. The molecule has 25 heavy (non-hydrogen) atoms. The topological polar surface area (TPSA) is 51.2 Å². The molecule has 3 rings (SSSR count). The summed E-state index contributed by atoms with van der Waals surface area (Å²) in [5.74, 6) is -0.795. The van der Waals surface area contributed by atoms with Crippen LogP contribution in [-0.2, 0) is 4.74 Å². The Labute approximate surface area is 150 Å². The highest BCUT2D eigenvalue weighted by Gasteiger charge is 2.20. The van der Waals surface area contributed by atoms with Gasteiger partial charge in [-0.1, -0.05) is 19.9 Å². The Bertz CT molecular complexity index is 877. The predicted molar refractivity (Wildman–Crippen MR) is 101 cm³/mol. The van der Waals surface area contributed by atoms with E-state index in [0.717, 1.165) is 15.6 Å². The summed E-state index contributed by atoms with van der Waals surface area (Å²) in [5.41, 5.74) is 1.70. The van der Waals surface area contributed by atoms with Crippen LogP contribution in [0.3, 0.4) is 0 Å². The fourth-order valence-electron chi connectivity index (χ4n) is 2.27. The number of thiophene rings is 1. The van der Waals surface area contributed by atoms with Crippen LogP contribution in [0.2, 0.25) is 0 Å². The van der Waals surface area contributed by atoms with E-state index < -0.39 is 5.97 Å². The van der Waals surface area contributed by atoms with Crippen LogP contribution < -0.4 is 5.32 Å². The van der Waals surface area contributed by atoms with Crippen LogP contribution in [-0.4, -0.2) is 17.6 Å². The number of pyridine rings is 1. The van der Waals surface area contributed by atoms with E-state index in [4.69, 9.17) is 4.74 Å². The molecular weight excluding hydrogens is 339 g/mol. The lowest BCUT2D eigenvalue weighted by molar-refractivity contribution is 0.0533. The second kappa shape index (κ2) is 8.58. The lowest BCUT2D eigenvalue weighted by Gasteiger charge is -2.09. The first-order chi connectivity index (χ1) is 12.1. The Morgan fingerprint density at radius 3 is 2.76 bits per heavy atom. The van der Waals surface area contributed by atoms with E-state index in [-0.39, 0.29) is 12.4 Å². The number of aromatic nitrogens is 1. The molecule has 0 amide bonds. The van der Waals surface area contributed by atoms with Crippen LogP contribution in [0.15, 0.2) is 36.7 Å². The van der Waals surface area contributed by atoms with Gasteiger partial charge < -0.3 is 10.1 Å². The molecule has 0 atom stereocenters. The number of halogens is 1. The zero-order chi connectivity index (χ0) is 18.4. The Kier molecular flexibility index (Phi) is 6.47. The van der Waals surface area contributed by atoms with Gasteiger partial charge in [-0.15, -0.1) is 11.3 Å². The number of carbonyl (C=O) groups excluding carboxylic acids is 1. The van der Waals surface area contributed by atoms with Crippen molar-refractivity contribution < 1.29 is 13.9 Å². The number of esters is 1. The number of nitrogens with one attached hydrogen (secondary N) is 1. The van der Waals surface area contributed by atoms with Crippen molar-refractivity contribution in [3.8, 4) is 0 Å². The van der Waals surface area contributed by atoms with E-state index in [9.17, 15) is 9.18 Å². The maximum absolute atomic E-state index is 14.1. The standard InChI is InChI=1S/C17H15FN2O2S.C2H6/c1-3-22-17(21)16-15(11-6-7-19-9-14(11)23-16)20-13-5-4-10(2)8-12(13)18;1-2/h4-9,20H,3H2,1-2H3;1-2H3. The third-order valence-corrected chi connectivity index (χ3v) is 4.46. The van der Waals surface area contributed by atoms with E-state index in [2.05, 4.69) is 10.3 Å². The van der Waals surface area contributed by atoms with E-state index in [1.165, 1.54) is 17.4 Å². The van der Waals surface area contributed by atoms with Gasteiger partial charge in [0.2, 0.25) is 0 Å². The molecule has 1 N–H and O–H groups in total. The summed E-state index contributed by atoms with van der Waals surface area (Å²) in [6.07, 6.45) is 3.32. The van der Waals surface area contributed by atoms with Crippen molar-refractivity contribution in [3.05, 3.63) is 52.9 Å². The largest absolute Gasteiger partial charge is 0.462 e. The number of anilines is 2. The third-order valence-electron chi connectivity index (χ3n) is 3.34. The average Bonchev–Trinajstić information content (AvgIpc) is 2.98. The molecule has 2 aromatic heterocycles. The van der Waals surface area contributed by atoms with Gasteiger partial charge in [0.05, 0.1) is 22.7 Å². The Morgan fingerprint density at radius 1 is 1.32 bits per heavy atom. The van der Waals surface area contributed by atoms with Gasteiger partial charge in [0.25, 0.3) is 0 Å². The summed E-state index contributed by atoms with van der Waals surface area (Å²) in [5, 5.41) is 3.85. The van der Waals surface area contributed by atoms with Crippen molar-refractivity contribution in [2.75, 3.05) is 11.9 Å². The minimum atomic E-state index is -0.427. The first kappa shape index (κ1) is 18.9. The predicted octanol–water partition coefficient (Wildman–Crippen LogP) is 5.69. The molecule has 132 valence electrons. The van der Waals surface area contributed by atoms with Crippen molar-refractivity contribution in [1.82, 2.24) is 4.98 Å². The van der Waals surface area contributed by atoms with Gasteiger partial charge in [-0.2, -0.15) is 0 Å². The Balaban J connectivity index is 0.00000109. The van der Waals surface area contributed by atoms with Crippen LogP contribution >= 0.6 is 11.3 Å². The number of benzene rings is 1. The molecule has 0 bridgehead atoms. The van der Waals surface area contributed by atoms with Gasteiger partial charge in [0, 0.05) is 17.8 Å². The first-order valence-corrected chi connectivity index (χ1v) is 8.98. The second-order valence-corrected chi connectivity index (χ2v) is 6.06. The lowest BCUT2D eigenvalue weighted by Crippen LogP contribution is -2.05. The molecule has 0 aliphatic carbocycles. The van der Waals surface area contributed by atoms with Crippen LogP contribution in [0.1, 0.15) is 36.0 Å². The maximum Gasteiger partial charge on any atom is 0.350 e. The highest BCUT2D eigenvalue weighted by Crippen LogP contribution is 2.38. The average molecular weight is 360 g/mol. The molecule has 0 saturated heterocycles. The Hall–Kier alpha value is -2.47. The van der Waals surface area contributed by atoms with Crippen LogP contribution in [0.25, 0.3) is 10.1 Å². The summed E-state index contributed by atoms with van der Waals surface area (Å²) in [7, 11) is 0. The van der Waals surface area contributed by atoms with Gasteiger partial charge in [-0.05, 0) is 37.6 Å². The van der Waals surface area contributed by atoms with Gasteiger partial charge in [0.1, 0.15) is 10.7 Å². The summed E-state index contributed by atoms with van der Waals surface area (Å²) in [6.45, 7) is 7.85.